The highest BCUT2D eigenvalue weighted by molar-refractivity contribution is 7.12. The maximum atomic E-state index is 13.8. The molecule has 0 aliphatic heterocycles. The third kappa shape index (κ3) is 6.25. The summed E-state index contributed by atoms with van der Waals surface area (Å²) in [6, 6.07) is 20.2. The van der Waals surface area contributed by atoms with E-state index in [1.54, 1.807) is 53.9 Å². The second-order valence-electron chi connectivity index (χ2n) is 8.21. The standard InChI is InChI=1S/C28H27N3O5S/c1-19-11-13-20(14-12-19)26(28(34)29-17-21-7-5-15-36-21)31(22-8-3-4-9-23(22)35-2)25(32)18-30-27(33)24-10-6-16-37-24/h3-16,26H,17-18H2,1-2H3,(H,29,34)(H,30,33)/t26-/m0/s1. The van der Waals surface area contributed by atoms with Crippen LogP contribution in [0.15, 0.2) is 88.9 Å². The first-order valence-electron chi connectivity index (χ1n) is 11.6. The van der Waals surface area contributed by atoms with Crippen molar-refractivity contribution in [1.29, 1.82) is 0 Å². The molecule has 0 bridgehead atoms. The van der Waals surface area contributed by atoms with Crippen LogP contribution in [0.25, 0.3) is 0 Å². The van der Waals surface area contributed by atoms with Crippen molar-refractivity contribution in [2.45, 2.75) is 19.5 Å². The van der Waals surface area contributed by atoms with E-state index in [4.69, 9.17) is 9.15 Å². The number of nitrogens with zero attached hydrogens (tertiary/aromatic N) is 1. The van der Waals surface area contributed by atoms with Gasteiger partial charge in [-0.1, -0.05) is 48.0 Å². The predicted molar refractivity (Wildman–Crippen MR) is 142 cm³/mol. The average molecular weight is 518 g/mol. The summed E-state index contributed by atoms with van der Waals surface area (Å²) in [5, 5.41) is 7.34. The molecule has 37 heavy (non-hydrogen) atoms. The van der Waals surface area contributed by atoms with Crippen LogP contribution < -0.4 is 20.3 Å². The van der Waals surface area contributed by atoms with Crippen molar-refractivity contribution in [1.82, 2.24) is 10.6 Å². The zero-order valence-corrected chi connectivity index (χ0v) is 21.3. The van der Waals surface area contributed by atoms with Crippen molar-refractivity contribution in [2.75, 3.05) is 18.6 Å². The normalized spacial score (nSPS) is 11.4. The van der Waals surface area contributed by atoms with Crippen LogP contribution in [0.2, 0.25) is 0 Å². The first-order valence-corrected chi connectivity index (χ1v) is 12.5. The molecule has 2 aromatic carbocycles. The number of anilines is 1. The molecule has 4 rings (SSSR count). The minimum atomic E-state index is -1.04. The van der Waals surface area contributed by atoms with Crippen LogP contribution in [0.3, 0.4) is 0 Å². The number of rotatable bonds is 10. The summed E-state index contributed by atoms with van der Waals surface area (Å²) in [6.07, 6.45) is 1.53. The molecule has 9 heteroatoms. The van der Waals surface area contributed by atoms with Crippen LogP contribution in [-0.2, 0) is 16.1 Å². The fraction of sp³-hybridized carbons (Fsp3) is 0.179. The van der Waals surface area contributed by atoms with Crippen LogP contribution >= 0.6 is 11.3 Å². The number of para-hydroxylation sites is 2. The van der Waals surface area contributed by atoms with Crippen LogP contribution in [0, 0.1) is 6.92 Å². The minimum absolute atomic E-state index is 0.150. The number of ether oxygens (including phenoxy) is 1. The van der Waals surface area contributed by atoms with Crippen LogP contribution in [0.4, 0.5) is 5.69 Å². The van der Waals surface area contributed by atoms with Gasteiger partial charge in [0.2, 0.25) is 11.8 Å². The van der Waals surface area contributed by atoms with Gasteiger partial charge < -0.3 is 19.8 Å². The van der Waals surface area contributed by atoms with Gasteiger partial charge in [0, 0.05) is 0 Å². The summed E-state index contributed by atoms with van der Waals surface area (Å²) in [4.78, 5) is 41.9. The number of nitrogens with one attached hydrogen (secondary N) is 2. The van der Waals surface area contributed by atoms with E-state index >= 15 is 0 Å². The van der Waals surface area contributed by atoms with Crippen molar-refractivity contribution in [3.05, 3.63) is 106 Å². The number of carbonyl (C=O) groups excluding carboxylic acids is 3. The molecule has 4 aromatic rings. The quantitative estimate of drug-likeness (QED) is 0.323. The van der Waals surface area contributed by atoms with Gasteiger partial charge in [0.25, 0.3) is 5.91 Å². The highest BCUT2D eigenvalue weighted by atomic mass is 32.1. The number of furan rings is 1. The molecule has 1 atom stereocenters. The maximum absolute atomic E-state index is 13.8. The lowest BCUT2D eigenvalue weighted by atomic mass is 10.0. The Morgan fingerprint density at radius 2 is 1.76 bits per heavy atom. The molecule has 8 nitrogen and oxygen atoms in total. The van der Waals surface area contributed by atoms with E-state index in [-0.39, 0.29) is 19.0 Å². The smallest absolute Gasteiger partial charge is 0.261 e. The molecule has 0 radical (unpaired) electrons. The van der Waals surface area contributed by atoms with E-state index in [2.05, 4.69) is 10.6 Å². The largest absolute Gasteiger partial charge is 0.495 e. The molecule has 3 amide bonds. The number of benzene rings is 2. The van der Waals surface area contributed by atoms with Crippen molar-refractivity contribution in [3.63, 3.8) is 0 Å². The van der Waals surface area contributed by atoms with E-state index in [1.165, 1.54) is 29.6 Å². The van der Waals surface area contributed by atoms with E-state index in [1.807, 2.05) is 31.2 Å². The van der Waals surface area contributed by atoms with Gasteiger partial charge in [0.1, 0.15) is 17.6 Å². The Balaban J connectivity index is 1.71. The lowest BCUT2D eigenvalue weighted by Gasteiger charge is -2.32. The van der Waals surface area contributed by atoms with Crippen molar-refractivity contribution in [3.8, 4) is 5.75 Å². The summed E-state index contributed by atoms with van der Waals surface area (Å²) in [5.41, 5.74) is 2.02. The maximum Gasteiger partial charge on any atom is 0.261 e. The summed E-state index contributed by atoms with van der Waals surface area (Å²) in [5.74, 6) is -0.263. The Bertz CT molecular complexity index is 1330. The molecule has 0 spiro atoms. The van der Waals surface area contributed by atoms with Crippen molar-refractivity contribution >= 4 is 34.7 Å². The number of thiophene rings is 1. The van der Waals surface area contributed by atoms with Gasteiger partial charge in [-0.05, 0) is 48.2 Å². The Morgan fingerprint density at radius 1 is 0.973 bits per heavy atom. The highest BCUT2D eigenvalue weighted by Crippen LogP contribution is 2.35. The Kier molecular flexibility index (Phi) is 8.37. The van der Waals surface area contributed by atoms with Gasteiger partial charge in [0.15, 0.2) is 0 Å². The topological polar surface area (TPSA) is 101 Å². The van der Waals surface area contributed by atoms with Crippen molar-refractivity contribution in [2.24, 2.45) is 0 Å². The van der Waals surface area contributed by atoms with E-state index in [0.29, 0.717) is 27.6 Å². The molecule has 2 N–H and O–H groups in total. The zero-order chi connectivity index (χ0) is 26.2. The second-order valence-corrected chi connectivity index (χ2v) is 9.15. The summed E-state index contributed by atoms with van der Waals surface area (Å²) in [7, 11) is 1.50. The van der Waals surface area contributed by atoms with Crippen molar-refractivity contribution < 1.29 is 23.5 Å². The van der Waals surface area contributed by atoms with Crippen LogP contribution in [0.1, 0.15) is 32.6 Å². The summed E-state index contributed by atoms with van der Waals surface area (Å²) in [6.45, 7) is 1.78. The summed E-state index contributed by atoms with van der Waals surface area (Å²) >= 11 is 1.28. The third-order valence-corrected chi connectivity index (χ3v) is 6.54. The minimum Gasteiger partial charge on any atom is -0.495 e. The molecule has 0 saturated carbocycles. The fourth-order valence-corrected chi connectivity index (χ4v) is 4.47. The first kappa shape index (κ1) is 25.7. The van der Waals surface area contributed by atoms with E-state index in [9.17, 15) is 14.4 Å². The number of hydrogen-bond donors (Lipinski definition) is 2. The molecule has 2 aromatic heterocycles. The second kappa shape index (κ2) is 12.0. The van der Waals surface area contributed by atoms with Gasteiger partial charge in [-0.2, -0.15) is 0 Å². The lowest BCUT2D eigenvalue weighted by molar-refractivity contribution is -0.126. The predicted octanol–water partition coefficient (Wildman–Crippen LogP) is 4.48. The fourth-order valence-electron chi connectivity index (χ4n) is 3.83. The highest BCUT2D eigenvalue weighted by Gasteiger charge is 2.34. The number of methoxy groups -OCH3 is 1. The molecule has 0 unspecified atom stereocenters. The van der Waals surface area contributed by atoms with Gasteiger partial charge in [-0.15, -0.1) is 11.3 Å². The monoisotopic (exact) mass is 517 g/mol. The SMILES string of the molecule is COc1ccccc1N(C(=O)CNC(=O)c1cccs1)[C@H](C(=O)NCc1ccco1)c1ccc(C)cc1. The van der Waals surface area contributed by atoms with Gasteiger partial charge in [-0.25, -0.2) is 0 Å². The van der Waals surface area contributed by atoms with Gasteiger partial charge in [0.05, 0.1) is 37.0 Å². The number of aryl methyl sites for hydroxylation is 1. The summed E-state index contributed by atoms with van der Waals surface area (Å²) < 4.78 is 10.9. The molecule has 190 valence electrons. The van der Waals surface area contributed by atoms with E-state index < -0.39 is 17.9 Å². The number of amides is 3. The molecule has 2 heterocycles. The van der Waals surface area contributed by atoms with Gasteiger partial charge >= 0.3 is 0 Å². The zero-order valence-electron chi connectivity index (χ0n) is 20.5. The van der Waals surface area contributed by atoms with Gasteiger partial charge in [-0.3, -0.25) is 19.3 Å². The third-order valence-electron chi connectivity index (χ3n) is 5.68. The number of hydrogen-bond acceptors (Lipinski definition) is 6. The number of carbonyl (C=O) groups is 3. The molecular formula is C28H27N3O5S. The lowest BCUT2D eigenvalue weighted by Crippen LogP contribution is -2.47. The molecule has 0 aliphatic rings. The average Bonchev–Trinajstić information content (AvgIpc) is 3.64. The van der Waals surface area contributed by atoms with Crippen LogP contribution in [0.5, 0.6) is 5.75 Å². The molecular weight excluding hydrogens is 490 g/mol. The first-order chi connectivity index (χ1) is 18.0. The molecule has 0 aliphatic carbocycles. The Labute approximate surface area is 218 Å². The Hall–Kier alpha value is -4.37. The van der Waals surface area contributed by atoms with Crippen LogP contribution in [-0.4, -0.2) is 31.4 Å². The molecule has 0 saturated heterocycles. The Morgan fingerprint density at radius 3 is 2.43 bits per heavy atom. The van der Waals surface area contributed by atoms with E-state index in [0.717, 1.165) is 5.56 Å². The molecule has 0 fully saturated rings.